The highest BCUT2D eigenvalue weighted by Gasteiger charge is 2.10. The average Bonchev–Trinajstić information content (AvgIpc) is 2.71. The van der Waals surface area contributed by atoms with Crippen molar-refractivity contribution in [1.82, 2.24) is 16.0 Å². The molecule has 30 heavy (non-hydrogen) atoms. The minimum absolute atomic E-state index is 0. The van der Waals surface area contributed by atoms with E-state index in [4.69, 9.17) is 16.3 Å². The topological polar surface area (TPSA) is 74.8 Å². The van der Waals surface area contributed by atoms with Gasteiger partial charge in [0.05, 0.1) is 17.1 Å². The van der Waals surface area contributed by atoms with Gasteiger partial charge in [-0.15, -0.1) is 24.0 Å². The van der Waals surface area contributed by atoms with Gasteiger partial charge in [-0.1, -0.05) is 35.9 Å². The zero-order chi connectivity index (χ0) is 21.1. The highest BCUT2D eigenvalue weighted by atomic mass is 127. The number of benzene rings is 2. The predicted octanol–water partition coefficient (Wildman–Crippen LogP) is 3.85. The summed E-state index contributed by atoms with van der Waals surface area (Å²) < 4.78 is 19.2. The van der Waals surface area contributed by atoms with Crippen LogP contribution in [0.1, 0.15) is 24.2 Å². The fraction of sp³-hybridized carbons (Fsp3) is 0.333. The zero-order valence-corrected chi connectivity index (χ0v) is 20.0. The van der Waals surface area contributed by atoms with Crippen LogP contribution in [0.5, 0.6) is 5.75 Å². The van der Waals surface area contributed by atoms with E-state index < -0.39 is 5.82 Å². The third-order valence-corrected chi connectivity index (χ3v) is 4.17. The maximum Gasteiger partial charge on any atom is 0.252 e. The molecule has 164 valence electrons. The molecule has 2 aromatic rings. The number of rotatable bonds is 9. The Kier molecular flexibility index (Phi) is 12.1. The van der Waals surface area contributed by atoms with Crippen LogP contribution in [0, 0.1) is 5.82 Å². The van der Waals surface area contributed by atoms with Crippen molar-refractivity contribution in [2.24, 2.45) is 4.99 Å². The molecule has 6 nitrogen and oxygen atoms in total. The smallest absolute Gasteiger partial charge is 0.252 e. The number of amides is 1. The van der Waals surface area contributed by atoms with Crippen molar-refractivity contribution in [2.45, 2.75) is 20.0 Å². The summed E-state index contributed by atoms with van der Waals surface area (Å²) in [6.07, 6.45) is -0.303. The fourth-order valence-corrected chi connectivity index (χ4v) is 2.67. The molecular weight excluding hydrogens is 522 g/mol. The van der Waals surface area contributed by atoms with Gasteiger partial charge in [-0.2, -0.15) is 0 Å². The molecule has 2 aromatic carbocycles. The molecule has 0 aliphatic heterocycles. The second kappa shape index (κ2) is 14.0. The molecule has 0 bridgehead atoms. The van der Waals surface area contributed by atoms with E-state index in [1.54, 1.807) is 42.5 Å². The third kappa shape index (κ3) is 8.74. The van der Waals surface area contributed by atoms with Crippen molar-refractivity contribution in [1.29, 1.82) is 0 Å². The van der Waals surface area contributed by atoms with Crippen molar-refractivity contribution in [2.75, 3.05) is 26.2 Å². The average molecular weight is 549 g/mol. The first-order valence-electron chi connectivity index (χ1n) is 9.47. The Morgan fingerprint density at radius 3 is 2.47 bits per heavy atom. The zero-order valence-electron chi connectivity index (χ0n) is 17.0. The van der Waals surface area contributed by atoms with Crippen molar-refractivity contribution in [3.05, 3.63) is 64.9 Å². The van der Waals surface area contributed by atoms with Gasteiger partial charge in [0.15, 0.2) is 17.5 Å². The molecule has 1 atom stereocenters. The molecule has 2 rings (SSSR count). The van der Waals surface area contributed by atoms with Crippen LogP contribution in [0.15, 0.2) is 53.5 Å². The van der Waals surface area contributed by atoms with Crippen LogP contribution in [0.4, 0.5) is 4.39 Å². The van der Waals surface area contributed by atoms with Crippen LogP contribution in [0.3, 0.4) is 0 Å². The highest BCUT2D eigenvalue weighted by molar-refractivity contribution is 14.0. The summed E-state index contributed by atoms with van der Waals surface area (Å²) in [5.41, 5.74) is 0.439. The normalized spacial score (nSPS) is 11.8. The molecule has 0 saturated carbocycles. The van der Waals surface area contributed by atoms with Crippen LogP contribution < -0.4 is 20.7 Å². The molecule has 9 heteroatoms. The third-order valence-electron chi connectivity index (χ3n) is 3.84. The lowest BCUT2D eigenvalue weighted by atomic mass is 10.2. The number of para-hydroxylation sites is 1. The van der Waals surface area contributed by atoms with Crippen LogP contribution in [-0.2, 0) is 0 Å². The van der Waals surface area contributed by atoms with Crippen LogP contribution >= 0.6 is 35.6 Å². The number of nitrogens with one attached hydrogen (secondary N) is 3. The second-order valence-corrected chi connectivity index (χ2v) is 6.65. The van der Waals surface area contributed by atoms with Crippen LogP contribution in [0.25, 0.3) is 0 Å². The molecule has 0 aliphatic rings. The SMILES string of the molecule is CCNC(=NCC(C)Oc1ccccc1F)NCCNC(=O)c1ccccc1Cl.I. The van der Waals surface area contributed by atoms with E-state index in [2.05, 4.69) is 20.9 Å². The standard InChI is InChI=1S/C21H26ClFN4O2.HI/c1-3-24-21(27-14-15(2)29-19-11-7-6-10-18(19)23)26-13-12-25-20(28)16-8-4-5-9-17(16)22;/h4-11,15H,3,12-14H2,1-2H3,(H,25,28)(H2,24,26,27);1H. The van der Waals surface area contributed by atoms with Crippen LogP contribution in [-0.4, -0.2) is 44.1 Å². The minimum atomic E-state index is -0.400. The molecule has 3 N–H and O–H groups in total. The number of hydrogen-bond donors (Lipinski definition) is 3. The van der Waals surface area contributed by atoms with Crippen molar-refractivity contribution in [3.8, 4) is 5.75 Å². The van der Waals surface area contributed by atoms with E-state index in [1.165, 1.54) is 6.07 Å². The summed E-state index contributed by atoms with van der Waals surface area (Å²) in [6, 6.07) is 13.2. The fourth-order valence-electron chi connectivity index (χ4n) is 2.45. The summed E-state index contributed by atoms with van der Waals surface area (Å²) in [5, 5.41) is 9.47. The van der Waals surface area contributed by atoms with E-state index in [0.29, 0.717) is 42.7 Å². The first-order valence-corrected chi connectivity index (χ1v) is 9.85. The molecule has 1 amide bonds. The molecule has 0 spiro atoms. The second-order valence-electron chi connectivity index (χ2n) is 6.24. The summed E-state index contributed by atoms with van der Waals surface area (Å²) in [4.78, 5) is 16.6. The first kappa shape index (κ1) is 26.0. The molecule has 0 fully saturated rings. The lowest BCUT2D eigenvalue weighted by Gasteiger charge is -2.15. The summed E-state index contributed by atoms with van der Waals surface area (Å²) in [7, 11) is 0. The molecule has 0 aromatic heterocycles. The molecule has 1 unspecified atom stereocenters. The quantitative estimate of drug-likeness (QED) is 0.193. The summed E-state index contributed by atoms with van der Waals surface area (Å²) in [6.45, 7) is 5.68. The van der Waals surface area contributed by atoms with Gasteiger partial charge in [-0.3, -0.25) is 4.79 Å². The Balaban J connectivity index is 0.00000450. The number of aliphatic imine (C=N–C) groups is 1. The summed E-state index contributed by atoms with van der Waals surface area (Å²) >= 11 is 6.02. The van der Waals surface area contributed by atoms with Gasteiger partial charge < -0.3 is 20.7 Å². The number of nitrogens with zero attached hydrogens (tertiary/aromatic N) is 1. The Bertz CT molecular complexity index is 838. The van der Waals surface area contributed by atoms with E-state index in [0.717, 1.165) is 0 Å². The predicted molar refractivity (Wildman–Crippen MR) is 130 cm³/mol. The van der Waals surface area contributed by atoms with E-state index in [-0.39, 0.29) is 41.7 Å². The first-order chi connectivity index (χ1) is 14.0. The van der Waals surface area contributed by atoms with Gasteiger partial charge in [0.25, 0.3) is 5.91 Å². The molecule has 0 saturated heterocycles. The Labute approximate surface area is 198 Å². The van der Waals surface area contributed by atoms with Gasteiger partial charge in [0, 0.05) is 19.6 Å². The molecular formula is C21H27ClFIN4O2. The van der Waals surface area contributed by atoms with Crippen molar-refractivity contribution < 1.29 is 13.9 Å². The lowest BCUT2D eigenvalue weighted by Crippen LogP contribution is -2.42. The number of carbonyl (C=O) groups excluding carboxylic acids is 1. The number of hydrogen-bond acceptors (Lipinski definition) is 3. The maximum atomic E-state index is 13.7. The maximum absolute atomic E-state index is 13.7. The molecule has 0 radical (unpaired) electrons. The van der Waals surface area contributed by atoms with Crippen molar-refractivity contribution >= 4 is 47.4 Å². The minimum Gasteiger partial charge on any atom is -0.486 e. The van der Waals surface area contributed by atoms with E-state index >= 15 is 0 Å². The van der Waals surface area contributed by atoms with E-state index in [9.17, 15) is 9.18 Å². The van der Waals surface area contributed by atoms with Gasteiger partial charge in [-0.05, 0) is 38.1 Å². The number of halogens is 3. The lowest BCUT2D eigenvalue weighted by molar-refractivity contribution is 0.0954. The van der Waals surface area contributed by atoms with Gasteiger partial charge >= 0.3 is 0 Å². The van der Waals surface area contributed by atoms with Gasteiger partial charge in [-0.25, -0.2) is 9.38 Å². The highest BCUT2D eigenvalue weighted by Crippen LogP contribution is 2.17. The van der Waals surface area contributed by atoms with Gasteiger partial charge in [0.1, 0.15) is 6.10 Å². The Morgan fingerprint density at radius 1 is 1.10 bits per heavy atom. The largest absolute Gasteiger partial charge is 0.486 e. The Hall–Kier alpha value is -2.07. The number of ether oxygens (including phenoxy) is 1. The molecule has 0 heterocycles. The number of guanidine groups is 1. The van der Waals surface area contributed by atoms with Gasteiger partial charge in [0.2, 0.25) is 0 Å². The summed E-state index contributed by atoms with van der Waals surface area (Å²) in [5.74, 6) is 0.160. The van der Waals surface area contributed by atoms with Crippen LogP contribution in [0.2, 0.25) is 5.02 Å². The number of carbonyl (C=O) groups is 1. The van der Waals surface area contributed by atoms with E-state index in [1.807, 2.05) is 13.8 Å². The monoisotopic (exact) mass is 548 g/mol. The Morgan fingerprint density at radius 2 is 1.77 bits per heavy atom. The van der Waals surface area contributed by atoms with Crippen molar-refractivity contribution in [3.63, 3.8) is 0 Å². The molecule has 0 aliphatic carbocycles.